The summed E-state index contributed by atoms with van der Waals surface area (Å²) in [6.45, 7) is 0. The number of benzene rings is 2. The molecule has 0 unspecified atom stereocenters. The monoisotopic (exact) mass is 354 g/mol. The number of carbonyl (C=O) groups excluding carboxylic acids is 1. The number of H-pyrrole nitrogens is 1. The van der Waals surface area contributed by atoms with Gasteiger partial charge in [-0.05, 0) is 48.7 Å². The van der Waals surface area contributed by atoms with Crippen LogP contribution in [0.3, 0.4) is 0 Å². The van der Waals surface area contributed by atoms with Crippen molar-refractivity contribution in [1.82, 2.24) is 4.98 Å². The number of carbonyl (C=O) groups is 1. The molecule has 1 aliphatic carbocycles. The summed E-state index contributed by atoms with van der Waals surface area (Å²) in [4.78, 5) is 16.1. The lowest BCUT2D eigenvalue weighted by Gasteiger charge is -2.17. The third-order valence-corrected chi connectivity index (χ3v) is 5.00. The molecule has 1 fully saturated rings. The highest BCUT2D eigenvalue weighted by molar-refractivity contribution is 6.05. The van der Waals surface area contributed by atoms with Gasteiger partial charge in [0.1, 0.15) is 17.3 Å². The van der Waals surface area contributed by atoms with Crippen LogP contribution in [0.15, 0.2) is 42.6 Å². The minimum absolute atomic E-state index is 0.0915. The van der Waals surface area contributed by atoms with Gasteiger partial charge < -0.3 is 19.8 Å². The molecule has 1 saturated carbocycles. The van der Waals surface area contributed by atoms with Gasteiger partial charge in [0.2, 0.25) is 5.91 Å². The number of amides is 1. The number of hydrogen-bond donors (Lipinski definition) is 2. The summed E-state index contributed by atoms with van der Waals surface area (Å²) < 4.78 is 24.0. The standard InChI is InChI=1S/C20H19FN2O3/c1-25-13-4-6-16(18(10-13)26-2)23-19(24)20(7-8-20)15-11-22-17-9-12(21)3-5-14(15)17/h3-6,9-11,22H,7-8H2,1-2H3,(H,23,24). The van der Waals surface area contributed by atoms with Gasteiger partial charge in [0.25, 0.3) is 0 Å². The molecular formula is C20H19FN2O3. The van der Waals surface area contributed by atoms with Crippen LogP contribution >= 0.6 is 0 Å². The van der Waals surface area contributed by atoms with Gasteiger partial charge in [0, 0.05) is 23.2 Å². The van der Waals surface area contributed by atoms with E-state index in [1.165, 1.54) is 12.1 Å². The first-order valence-electron chi connectivity index (χ1n) is 8.38. The molecule has 5 nitrogen and oxygen atoms in total. The maximum atomic E-state index is 13.4. The Balaban J connectivity index is 1.65. The Hall–Kier alpha value is -3.02. The Morgan fingerprint density at radius 3 is 2.65 bits per heavy atom. The lowest BCUT2D eigenvalue weighted by atomic mass is 9.94. The van der Waals surface area contributed by atoms with Gasteiger partial charge in [-0.3, -0.25) is 4.79 Å². The summed E-state index contributed by atoms with van der Waals surface area (Å²) in [5.74, 6) is 0.795. The van der Waals surface area contributed by atoms with Crippen molar-refractivity contribution < 1.29 is 18.7 Å². The number of rotatable bonds is 5. The molecule has 0 aliphatic heterocycles. The van der Waals surface area contributed by atoms with Crippen LogP contribution in [0.5, 0.6) is 11.5 Å². The average molecular weight is 354 g/mol. The van der Waals surface area contributed by atoms with Crippen molar-refractivity contribution in [3.05, 3.63) is 54.0 Å². The molecule has 4 rings (SSSR count). The molecule has 2 aromatic carbocycles. The number of ether oxygens (including phenoxy) is 2. The van der Waals surface area contributed by atoms with Crippen molar-refractivity contribution in [2.45, 2.75) is 18.3 Å². The first-order chi connectivity index (χ1) is 12.6. The molecule has 1 amide bonds. The van der Waals surface area contributed by atoms with Crippen LogP contribution in [0.2, 0.25) is 0 Å². The molecule has 6 heteroatoms. The zero-order valence-corrected chi connectivity index (χ0v) is 14.6. The maximum absolute atomic E-state index is 13.4. The van der Waals surface area contributed by atoms with E-state index in [2.05, 4.69) is 10.3 Å². The van der Waals surface area contributed by atoms with E-state index in [-0.39, 0.29) is 11.7 Å². The Morgan fingerprint density at radius 1 is 1.15 bits per heavy atom. The van der Waals surface area contributed by atoms with E-state index in [0.29, 0.717) is 22.7 Å². The second-order valence-electron chi connectivity index (χ2n) is 6.49. The predicted octanol–water partition coefficient (Wildman–Crippen LogP) is 3.99. The number of anilines is 1. The van der Waals surface area contributed by atoms with Gasteiger partial charge in [0.05, 0.1) is 25.3 Å². The van der Waals surface area contributed by atoms with Crippen molar-refractivity contribution in [3.63, 3.8) is 0 Å². The highest BCUT2D eigenvalue weighted by Crippen LogP contribution is 2.51. The minimum atomic E-state index is -0.596. The number of methoxy groups -OCH3 is 2. The zero-order valence-electron chi connectivity index (χ0n) is 14.6. The highest BCUT2D eigenvalue weighted by Gasteiger charge is 2.52. The average Bonchev–Trinajstić information content (AvgIpc) is 3.36. The van der Waals surface area contributed by atoms with E-state index in [1.54, 1.807) is 38.5 Å². The SMILES string of the molecule is COc1ccc(NC(=O)C2(c3c[nH]c4cc(F)ccc34)CC2)c(OC)c1. The number of aromatic amines is 1. The fourth-order valence-electron chi connectivity index (χ4n) is 3.38. The number of hydrogen-bond acceptors (Lipinski definition) is 3. The summed E-state index contributed by atoms with van der Waals surface area (Å²) >= 11 is 0. The van der Waals surface area contributed by atoms with Gasteiger partial charge in [0.15, 0.2) is 0 Å². The molecule has 0 spiro atoms. The molecule has 2 N–H and O–H groups in total. The topological polar surface area (TPSA) is 63.3 Å². The molecular weight excluding hydrogens is 335 g/mol. The van der Waals surface area contributed by atoms with Crippen molar-refractivity contribution in [3.8, 4) is 11.5 Å². The number of fused-ring (bicyclic) bond motifs is 1. The fourth-order valence-corrected chi connectivity index (χ4v) is 3.38. The summed E-state index contributed by atoms with van der Waals surface area (Å²) in [7, 11) is 3.12. The minimum Gasteiger partial charge on any atom is -0.497 e. The second kappa shape index (κ2) is 6.05. The van der Waals surface area contributed by atoms with E-state index < -0.39 is 5.41 Å². The quantitative estimate of drug-likeness (QED) is 0.728. The van der Waals surface area contributed by atoms with Gasteiger partial charge in [-0.2, -0.15) is 0 Å². The molecule has 0 bridgehead atoms. The Kier molecular flexibility index (Phi) is 3.83. The largest absolute Gasteiger partial charge is 0.497 e. The van der Waals surface area contributed by atoms with Gasteiger partial charge in [-0.1, -0.05) is 0 Å². The van der Waals surface area contributed by atoms with E-state index in [4.69, 9.17) is 9.47 Å². The van der Waals surface area contributed by atoms with E-state index >= 15 is 0 Å². The van der Waals surface area contributed by atoms with Gasteiger partial charge >= 0.3 is 0 Å². The van der Waals surface area contributed by atoms with Crippen LogP contribution in [0.1, 0.15) is 18.4 Å². The molecule has 134 valence electrons. The van der Waals surface area contributed by atoms with Crippen LogP contribution in [0.4, 0.5) is 10.1 Å². The fraction of sp³-hybridized carbons (Fsp3) is 0.250. The summed E-state index contributed by atoms with van der Waals surface area (Å²) in [6, 6.07) is 9.84. The lowest BCUT2D eigenvalue weighted by molar-refractivity contribution is -0.118. The molecule has 0 atom stereocenters. The predicted molar refractivity (Wildman–Crippen MR) is 97.3 cm³/mol. The number of nitrogens with one attached hydrogen (secondary N) is 2. The van der Waals surface area contributed by atoms with Crippen LogP contribution in [0.25, 0.3) is 10.9 Å². The molecule has 1 aliphatic rings. The number of aromatic nitrogens is 1. The van der Waals surface area contributed by atoms with Crippen molar-refractivity contribution in [2.75, 3.05) is 19.5 Å². The molecule has 0 radical (unpaired) electrons. The first-order valence-corrected chi connectivity index (χ1v) is 8.38. The molecule has 1 aromatic heterocycles. The van der Waals surface area contributed by atoms with Crippen LogP contribution < -0.4 is 14.8 Å². The number of halogens is 1. The van der Waals surface area contributed by atoms with Crippen LogP contribution in [-0.2, 0) is 10.2 Å². The summed E-state index contributed by atoms with van der Waals surface area (Å²) in [6.07, 6.45) is 3.31. The Bertz CT molecular complexity index is 992. The zero-order chi connectivity index (χ0) is 18.3. The molecule has 26 heavy (non-hydrogen) atoms. The van der Waals surface area contributed by atoms with Crippen molar-refractivity contribution >= 4 is 22.5 Å². The van der Waals surface area contributed by atoms with Gasteiger partial charge in [-0.25, -0.2) is 4.39 Å². The van der Waals surface area contributed by atoms with Crippen molar-refractivity contribution in [2.24, 2.45) is 0 Å². The Labute approximate surface area is 150 Å². The summed E-state index contributed by atoms with van der Waals surface area (Å²) in [5.41, 5.74) is 1.59. The Morgan fingerprint density at radius 2 is 1.96 bits per heavy atom. The van der Waals surface area contributed by atoms with Crippen LogP contribution in [-0.4, -0.2) is 25.1 Å². The summed E-state index contributed by atoms with van der Waals surface area (Å²) in [5, 5.41) is 3.85. The van der Waals surface area contributed by atoms with Crippen molar-refractivity contribution in [1.29, 1.82) is 0 Å². The molecule has 0 saturated heterocycles. The van der Waals surface area contributed by atoms with E-state index in [1.807, 2.05) is 6.20 Å². The second-order valence-corrected chi connectivity index (χ2v) is 6.49. The third kappa shape index (κ3) is 2.58. The smallest absolute Gasteiger partial charge is 0.235 e. The normalized spacial score (nSPS) is 14.9. The van der Waals surface area contributed by atoms with Gasteiger partial charge in [-0.15, -0.1) is 0 Å². The molecule has 3 aromatic rings. The molecule has 1 heterocycles. The van der Waals surface area contributed by atoms with E-state index in [0.717, 1.165) is 23.8 Å². The first kappa shape index (κ1) is 16.4. The maximum Gasteiger partial charge on any atom is 0.235 e. The van der Waals surface area contributed by atoms with Crippen LogP contribution in [0, 0.1) is 5.82 Å². The third-order valence-electron chi connectivity index (χ3n) is 5.00. The highest BCUT2D eigenvalue weighted by atomic mass is 19.1. The lowest BCUT2D eigenvalue weighted by Crippen LogP contribution is -2.27. The van der Waals surface area contributed by atoms with E-state index in [9.17, 15) is 9.18 Å².